The van der Waals surface area contributed by atoms with E-state index in [-0.39, 0.29) is 12.2 Å². The van der Waals surface area contributed by atoms with Gasteiger partial charge in [-0.15, -0.1) is 0 Å². The van der Waals surface area contributed by atoms with E-state index in [1.165, 1.54) is 5.56 Å². The predicted molar refractivity (Wildman–Crippen MR) is 117 cm³/mol. The van der Waals surface area contributed by atoms with Gasteiger partial charge in [-0.1, -0.05) is 30.1 Å². The second-order valence-electron chi connectivity index (χ2n) is 8.09. The third-order valence-electron chi connectivity index (χ3n) is 5.94. The number of hydrogen-bond acceptors (Lipinski definition) is 4. The molecule has 1 fully saturated rings. The van der Waals surface area contributed by atoms with Gasteiger partial charge < -0.3 is 19.5 Å². The average molecular weight is 436 g/mol. The lowest BCUT2D eigenvalue weighted by molar-refractivity contribution is -0.00196. The molecule has 0 unspecified atom stereocenters. The summed E-state index contributed by atoms with van der Waals surface area (Å²) >= 11 is 12.3. The van der Waals surface area contributed by atoms with Gasteiger partial charge in [-0.3, -0.25) is 0 Å². The number of nitrogens with zero attached hydrogens (tertiary/aromatic N) is 1. The van der Waals surface area contributed by atoms with Gasteiger partial charge in [-0.05, 0) is 53.9 Å². The Labute approximate surface area is 182 Å². The molecule has 6 heteroatoms. The summed E-state index contributed by atoms with van der Waals surface area (Å²) in [7, 11) is 0. The van der Waals surface area contributed by atoms with Gasteiger partial charge in [0.1, 0.15) is 29.8 Å². The van der Waals surface area contributed by atoms with Crippen molar-refractivity contribution in [3.63, 3.8) is 0 Å². The van der Waals surface area contributed by atoms with Gasteiger partial charge >= 0.3 is 0 Å². The first-order valence-electron chi connectivity index (χ1n) is 10.3. The smallest absolute Gasteiger partial charge is 0.123 e. The number of halogens is 2. The molecule has 2 aliphatic heterocycles. The van der Waals surface area contributed by atoms with E-state index in [0.29, 0.717) is 6.54 Å². The van der Waals surface area contributed by atoms with Crippen molar-refractivity contribution in [3.8, 4) is 11.5 Å². The van der Waals surface area contributed by atoms with Gasteiger partial charge in [-0.2, -0.15) is 0 Å². The standard InChI is InChI=1S/C23H27Cl2NO3/c1-2-16-12-20(4-5-21(16)25)28-15-19(27)14-26-9-7-23(8-10-26)13-17-11-18(24)3-6-22(17)29-23/h3-6,11-12,19,27H,2,7-10,13-15H2,1H3/t19-/m0/s1. The highest BCUT2D eigenvalue weighted by atomic mass is 35.5. The molecule has 0 amide bonds. The topological polar surface area (TPSA) is 41.9 Å². The third kappa shape index (κ3) is 4.83. The number of piperidine rings is 1. The van der Waals surface area contributed by atoms with Gasteiger partial charge in [0.05, 0.1) is 0 Å². The maximum atomic E-state index is 10.4. The summed E-state index contributed by atoms with van der Waals surface area (Å²) in [6, 6.07) is 11.5. The number of likely N-dealkylation sites (tertiary alicyclic amines) is 1. The van der Waals surface area contributed by atoms with Crippen LogP contribution in [0.5, 0.6) is 11.5 Å². The summed E-state index contributed by atoms with van der Waals surface area (Å²) in [5.74, 6) is 1.71. The molecule has 0 radical (unpaired) electrons. The van der Waals surface area contributed by atoms with E-state index < -0.39 is 6.10 Å². The fraction of sp³-hybridized carbons (Fsp3) is 0.478. The van der Waals surface area contributed by atoms with Gasteiger partial charge in [0.25, 0.3) is 0 Å². The first-order chi connectivity index (χ1) is 14.0. The fourth-order valence-corrected chi connectivity index (χ4v) is 4.73. The number of ether oxygens (including phenoxy) is 2. The minimum atomic E-state index is -0.537. The van der Waals surface area contributed by atoms with Gasteiger partial charge in [0, 0.05) is 48.9 Å². The van der Waals surface area contributed by atoms with Crippen LogP contribution in [0.2, 0.25) is 10.0 Å². The number of fused-ring (bicyclic) bond motifs is 1. The lowest BCUT2D eigenvalue weighted by atomic mass is 9.87. The first-order valence-corrected chi connectivity index (χ1v) is 11.0. The quantitative estimate of drug-likeness (QED) is 0.709. The van der Waals surface area contributed by atoms with E-state index >= 15 is 0 Å². The van der Waals surface area contributed by atoms with E-state index in [2.05, 4.69) is 11.8 Å². The highest BCUT2D eigenvalue weighted by Crippen LogP contribution is 2.41. The highest BCUT2D eigenvalue weighted by molar-refractivity contribution is 6.31. The Morgan fingerprint density at radius 2 is 1.97 bits per heavy atom. The van der Waals surface area contributed by atoms with Crippen molar-refractivity contribution >= 4 is 23.2 Å². The van der Waals surface area contributed by atoms with Gasteiger partial charge in [0.15, 0.2) is 0 Å². The molecule has 29 heavy (non-hydrogen) atoms. The maximum Gasteiger partial charge on any atom is 0.123 e. The van der Waals surface area contributed by atoms with Crippen molar-refractivity contribution in [3.05, 3.63) is 57.6 Å². The molecule has 0 aromatic heterocycles. The largest absolute Gasteiger partial charge is 0.491 e. The summed E-state index contributed by atoms with van der Waals surface area (Å²) in [5.41, 5.74) is 2.14. The molecular weight excluding hydrogens is 409 g/mol. The maximum absolute atomic E-state index is 10.4. The fourth-order valence-electron chi connectivity index (χ4n) is 4.28. The van der Waals surface area contributed by atoms with Crippen LogP contribution in [-0.4, -0.2) is 48.0 Å². The second kappa shape index (κ2) is 8.73. The van der Waals surface area contributed by atoms with Gasteiger partial charge in [0.2, 0.25) is 0 Å². The number of benzene rings is 2. The molecule has 0 saturated carbocycles. The third-order valence-corrected chi connectivity index (χ3v) is 6.54. The Morgan fingerprint density at radius 1 is 1.17 bits per heavy atom. The van der Waals surface area contributed by atoms with Crippen molar-refractivity contribution in [2.75, 3.05) is 26.2 Å². The Hall–Kier alpha value is -1.46. The summed E-state index contributed by atoms with van der Waals surface area (Å²) in [4.78, 5) is 2.29. The van der Waals surface area contributed by atoms with E-state index in [1.807, 2.05) is 36.4 Å². The van der Waals surface area contributed by atoms with Crippen molar-refractivity contribution in [1.29, 1.82) is 0 Å². The Balaban J connectivity index is 1.25. The molecule has 1 spiro atoms. The molecule has 2 heterocycles. The zero-order valence-electron chi connectivity index (χ0n) is 16.7. The van der Waals surface area contributed by atoms with Crippen LogP contribution in [0.1, 0.15) is 30.9 Å². The normalized spacial score (nSPS) is 19.0. The van der Waals surface area contributed by atoms with Crippen LogP contribution in [0.4, 0.5) is 0 Å². The van der Waals surface area contributed by atoms with E-state index in [1.54, 1.807) is 0 Å². The molecule has 2 aromatic carbocycles. The Morgan fingerprint density at radius 3 is 2.72 bits per heavy atom. The Kier molecular flexibility index (Phi) is 6.26. The highest BCUT2D eigenvalue weighted by Gasteiger charge is 2.42. The van der Waals surface area contributed by atoms with Gasteiger partial charge in [-0.25, -0.2) is 0 Å². The molecule has 1 N–H and O–H groups in total. The molecule has 156 valence electrons. The predicted octanol–water partition coefficient (Wildman–Crippen LogP) is 4.77. The van der Waals surface area contributed by atoms with Crippen molar-refractivity contribution in [1.82, 2.24) is 4.90 Å². The first kappa shape index (κ1) is 20.8. The second-order valence-corrected chi connectivity index (χ2v) is 8.93. The molecule has 1 saturated heterocycles. The summed E-state index contributed by atoms with van der Waals surface area (Å²) in [5, 5.41) is 11.9. The van der Waals surface area contributed by atoms with Crippen LogP contribution >= 0.6 is 23.2 Å². The minimum absolute atomic E-state index is 0.120. The Bertz CT molecular complexity index is 865. The molecule has 4 nitrogen and oxygen atoms in total. The number of aliphatic hydroxyl groups is 1. The average Bonchev–Trinajstić information content (AvgIpc) is 3.06. The molecular formula is C23H27Cl2NO3. The number of rotatable bonds is 6. The number of β-amino-alcohol motifs (C(OH)–C–C–N with tert-alkyl or cyclic N) is 1. The molecule has 2 aliphatic rings. The number of hydrogen-bond donors (Lipinski definition) is 1. The zero-order chi connectivity index (χ0) is 20.4. The van der Waals surface area contributed by atoms with Crippen molar-refractivity contribution in [2.24, 2.45) is 0 Å². The van der Waals surface area contributed by atoms with Crippen LogP contribution in [0.15, 0.2) is 36.4 Å². The molecule has 0 aliphatic carbocycles. The SMILES string of the molecule is CCc1cc(OC[C@@H](O)CN2CCC3(CC2)Cc2cc(Cl)ccc2O3)ccc1Cl. The zero-order valence-corrected chi connectivity index (χ0v) is 18.2. The van der Waals surface area contributed by atoms with Crippen LogP contribution < -0.4 is 9.47 Å². The lowest BCUT2D eigenvalue weighted by Gasteiger charge is -2.39. The number of aliphatic hydroxyl groups excluding tert-OH is 1. The van der Waals surface area contributed by atoms with Crippen molar-refractivity contribution < 1.29 is 14.6 Å². The molecule has 2 aromatic rings. The molecule has 1 atom stereocenters. The van der Waals surface area contributed by atoms with Crippen molar-refractivity contribution in [2.45, 2.75) is 44.3 Å². The van der Waals surface area contributed by atoms with Crippen LogP contribution in [0.3, 0.4) is 0 Å². The van der Waals surface area contributed by atoms with E-state index in [4.69, 9.17) is 32.7 Å². The van der Waals surface area contributed by atoms with Crippen LogP contribution in [-0.2, 0) is 12.8 Å². The lowest BCUT2D eigenvalue weighted by Crippen LogP contribution is -2.49. The monoisotopic (exact) mass is 435 g/mol. The van der Waals surface area contributed by atoms with Crippen LogP contribution in [0, 0.1) is 0 Å². The summed E-state index contributed by atoms with van der Waals surface area (Å²) in [6.07, 6.45) is 3.13. The van der Waals surface area contributed by atoms with E-state index in [0.717, 1.165) is 65.9 Å². The van der Waals surface area contributed by atoms with E-state index in [9.17, 15) is 5.11 Å². The molecule has 0 bridgehead atoms. The van der Waals surface area contributed by atoms with Crippen LogP contribution in [0.25, 0.3) is 0 Å². The summed E-state index contributed by atoms with van der Waals surface area (Å²) < 4.78 is 12.1. The number of aryl methyl sites for hydroxylation is 1. The minimum Gasteiger partial charge on any atom is -0.491 e. The summed E-state index contributed by atoms with van der Waals surface area (Å²) in [6.45, 7) is 4.74. The molecule has 4 rings (SSSR count).